The van der Waals surface area contributed by atoms with Crippen molar-refractivity contribution < 1.29 is 19.2 Å². The van der Waals surface area contributed by atoms with Gasteiger partial charge in [-0.1, -0.05) is 22.4 Å². The van der Waals surface area contributed by atoms with Crippen LogP contribution >= 0.6 is 15.9 Å². The quantitative estimate of drug-likeness (QED) is 0.419. The summed E-state index contributed by atoms with van der Waals surface area (Å²) in [5.74, 6) is -2.15. The van der Waals surface area contributed by atoms with E-state index in [1.807, 2.05) is 0 Å². The summed E-state index contributed by atoms with van der Waals surface area (Å²) in [5.41, 5.74) is 2.70. The predicted octanol–water partition coefficient (Wildman–Crippen LogP) is 2.05. The van der Waals surface area contributed by atoms with Crippen molar-refractivity contribution in [3.8, 4) is 0 Å². The molecule has 9 heteroatoms. The highest BCUT2D eigenvalue weighted by molar-refractivity contribution is 9.10. The van der Waals surface area contributed by atoms with E-state index in [0.717, 1.165) is 36.4 Å². The molecule has 5 amide bonds. The van der Waals surface area contributed by atoms with E-state index in [-0.39, 0.29) is 6.04 Å². The zero-order valence-electron chi connectivity index (χ0n) is 14.9. The highest BCUT2D eigenvalue weighted by Crippen LogP contribution is 2.47. The van der Waals surface area contributed by atoms with Gasteiger partial charge in [0.1, 0.15) is 0 Å². The van der Waals surface area contributed by atoms with Gasteiger partial charge in [0.25, 0.3) is 5.91 Å². The fourth-order valence-corrected chi connectivity index (χ4v) is 4.68. The van der Waals surface area contributed by atoms with Crippen LogP contribution in [0.25, 0.3) is 0 Å². The standard InChI is InChI=1S/C19H19BrN4O4/c20-13-5-3-11(4-6-13)16(25)23-21-9-14-17(26)22-19(28)24(18(14)27)15-8-10-1-2-12(15)7-10/h3-6,9-10,12,14-15H,1-2,7-8H2,(H,23,25)(H,22,26,28)/b21-9-/t10-,12-,14+,15+/m0/s1. The molecule has 4 rings (SSSR count). The number of nitrogens with zero attached hydrogens (tertiary/aromatic N) is 2. The van der Waals surface area contributed by atoms with Crippen molar-refractivity contribution in [2.75, 3.05) is 0 Å². The normalized spacial score (nSPS) is 29.5. The Morgan fingerprint density at radius 3 is 2.57 bits per heavy atom. The van der Waals surface area contributed by atoms with Crippen LogP contribution < -0.4 is 10.7 Å². The first-order chi connectivity index (χ1) is 13.4. The lowest BCUT2D eigenvalue weighted by Gasteiger charge is -2.36. The number of nitrogens with one attached hydrogen (secondary N) is 2. The Labute approximate surface area is 169 Å². The van der Waals surface area contributed by atoms with Gasteiger partial charge in [-0.2, -0.15) is 5.10 Å². The van der Waals surface area contributed by atoms with Gasteiger partial charge in [-0.25, -0.2) is 10.2 Å². The molecule has 146 valence electrons. The molecular formula is C19H19BrN4O4. The topological polar surface area (TPSA) is 108 Å². The number of hydrogen-bond acceptors (Lipinski definition) is 5. The second-order valence-electron chi connectivity index (χ2n) is 7.45. The lowest BCUT2D eigenvalue weighted by molar-refractivity contribution is -0.141. The molecule has 1 aromatic rings. The molecule has 3 aliphatic rings. The Balaban J connectivity index is 1.44. The van der Waals surface area contributed by atoms with Crippen LogP contribution in [0.15, 0.2) is 33.8 Å². The van der Waals surface area contributed by atoms with Crippen molar-refractivity contribution in [3.63, 3.8) is 0 Å². The van der Waals surface area contributed by atoms with E-state index in [1.165, 1.54) is 4.90 Å². The molecule has 0 unspecified atom stereocenters. The molecule has 2 saturated carbocycles. The number of fused-ring (bicyclic) bond motifs is 2. The number of benzene rings is 1. The minimum Gasteiger partial charge on any atom is -0.277 e. The number of halogens is 1. The average Bonchev–Trinajstić information content (AvgIpc) is 3.28. The highest BCUT2D eigenvalue weighted by Gasteiger charge is 2.50. The molecule has 0 radical (unpaired) electrons. The number of imide groups is 2. The Hall–Kier alpha value is -2.55. The summed E-state index contributed by atoms with van der Waals surface area (Å²) < 4.78 is 0.836. The predicted molar refractivity (Wildman–Crippen MR) is 103 cm³/mol. The molecule has 2 bridgehead atoms. The first kappa shape index (κ1) is 18.8. The molecular weight excluding hydrogens is 428 g/mol. The molecule has 2 N–H and O–H groups in total. The van der Waals surface area contributed by atoms with Gasteiger partial charge in [0.05, 0.1) is 0 Å². The van der Waals surface area contributed by atoms with Gasteiger partial charge in [0.2, 0.25) is 11.8 Å². The molecule has 1 saturated heterocycles. The highest BCUT2D eigenvalue weighted by atomic mass is 79.9. The van der Waals surface area contributed by atoms with E-state index in [0.29, 0.717) is 17.4 Å². The number of barbiturate groups is 1. The number of carbonyl (C=O) groups excluding carboxylic acids is 4. The monoisotopic (exact) mass is 446 g/mol. The van der Waals surface area contributed by atoms with E-state index >= 15 is 0 Å². The van der Waals surface area contributed by atoms with Crippen molar-refractivity contribution >= 4 is 45.9 Å². The minimum atomic E-state index is -1.23. The summed E-state index contributed by atoms with van der Waals surface area (Å²) in [6.07, 6.45) is 5.04. The minimum absolute atomic E-state index is 0.160. The van der Waals surface area contributed by atoms with Gasteiger partial charge in [-0.15, -0.1) is 0 Å². The van der Waals surface area contributed by atoms with E-state index in [4.69, 9.17) is 0 Å². The van der Waals surface area contributed by atoms with Gasteiger partial charge in [-0.05, 0) is 55.4 Å². The van der Waals surface area contributed by atoms with Crippen LogP contribution in [-0.4, -0.2) is 40.9 Å². The third-order valence-corrected chi connectivity index (χ3v) is 6.29. The van der Waals surface area contributed by atoms with Crippen molar-refractivity contribution in [3.05, 3.63) is 34.3 Å². The molecule has 4 atom stereocenters. The maximum absolute atomic E-state index is 12.8. The van der Waals surface area contributed by atoms with Crippen molar-refractivity contribution in [1.82, 2.24) is 15.6 Å². The molecule has 2 aliphatic carbocycles. The van der Waals surface area contributed by atoms with E-state index in [9.17, 15) is 19.2 Å². The fraction of sp³-hybridized carbons (Fsp3) is 0.421. The number of hydrazone groups is 1. The van der Waals surface area contributed by atoms with E-state index in [2.05, 4.69) is 31.8 Å². The lowest BCUT2D eigenvalue weighted by Crippen LogP contribution is -2.62. The van der Waals surface area contributed by atoms with Crippen molar-refractivity contribution in [2.24, 2.45) is 22.9 Å². The van der Waals surface area contributed by atoms with Crippen LogP contribution in [0, 0.1) is 17.8 Å². The Kier molecular flexibility index (Phi) is 5.01. The van der Waals surface area contributed by atoms with E-state index in [1.54, 1.807) is 24.3 Å². The Morgan fingerprint density at radius 1 is 1.18 bits per heavy atom. The summed E-state index contributed by atoms with van der Waals surface area (Å²) in [4.78, 5) is 50.5. The average molecular weight is 447 g/mol. The van der Waals surface area contributed by atoms with Crippen molar-refractivity contribution in [1.29, 1.82) is 0 Å². The third kappa shape index (κ3) is 3.46. The number of urea groups is 1. The maximum atomic E-state index is 12.8. The van der Waals surface area contributed by atoms with Gasteiger partial charge < -0.3 is 0 Å². The number of carbonyl (C=O) groups is 4. The summed E-state index contributed by atoms with van der Waals surface area (Å²) in [6.45, 7) is 0. The van der Waals surface area contributed by atoms with Crippen LogP contribution in [0.5, 0.6) is 0 Å². The number of rotatable bonds is 4. The largest absolute Gasteiger partial charge is 0.331 e. The van der Waals surface area contributed by atoms with Crippen LogP contribution in [0.3, 0.4) is 0 Å². The van der Waals surface area contributed by atoms with Gasteiger partial charge in [0.15, 0.2) is 5.92 Å². The molecule has 1 aromatic carbocycles. The lowest BCUT2D eigenvalue weighted by atomic mass is 9.92. The van der Waals surface area contributed by atoms with Gasteiger partial charge >= 0.3 is 6.03 Å². The first-order valence-corrected chi connectivity index (χ1v) is 10.0. The van der Waals surface area contributed by atoms with E-state index < -0.39 is 29.7 Å². The van der Waals surface area contributed by atoms with Gasteiger partial charge in [-0.3, -0.25) is 24.6 Å². The molecule has 28 heavy (non-hydrogen) atoms. The molecule has 0 spiro atoms. The van der Waals surface area contributed by atoms with Crippen LogP contribution in [0.1, 0.15) is 36.0 Å². The molecule has 1 aliphatic heterocycles. The smallest absolute Gasteiger partial charge is 0.277 e. The summed E-state index contributed by atoms with van der Waals surface area (Å²) in [5, 5.41) is 6.01. The zero-order valence-corrected chi connectivity index (χ0v) is 16.5. The Bertz CT molecular complexity index is 869. The van der Waals surface area contributed by atoms with Gasteiger partial charge in [0, 0.05) is 22.3 Å². The second-order valence-corrected chi connectivity index (χ2v) is 8.36. The van der Waals surface area contributed by atoms with Crippen LogP contribution in [0.2, 0.25) is 0 Å². The Morgan fingerprint density at radius 2 is 1.93 bits per heavy atom. The summed E-state index contributed by atoms with van der Waals surface area (Å²) in [7, 11) is 0. The molecule has 1 heterocycles. The third-order valence-electron chi connectivity index (χ3n) is 5.76. The summed E-state index contributed by atoms with van der Waals surface area (Å²) in [6, 6.07) is 5.85. The second kappa shape index (κ2) is 7.46. The van der Waals surface area contributed by atoms with Crippen LogP contribution in [-0.2, 0) is 9.59 Å². The van der Waals surface area contributed by atoms with Crippen molar-refractivity contribution in [2.45, 2.75) is 31.7 Å². The SMILES string of the molecule is O=C(N/N=C\[C@@H]1C(=O)NC(=O)N([C@@H]2C[C@H]3CC[C@H]2C3)C1=O)c1ccc(Br)cc1. The summed E-state index contributed by atoms with van der Waals surface area (Å²) >= 11 is 3.29. The number of hydrogen-bond donors (Lipinski definition) is 2. The van der Waals surface area contributed by atoms with Crippen LogP contribution in [0.4, 0.5) is 4.79 Å². The first-order valence-electron chi connectivity index (χ1n) is 9.21. The molecule has 0 aromatic heterocycles. The fourth-order valence-electron chi connectivity index (χ4n) is 4.41. The molecule has 3 fully saturated rings. The molecule has 8 nitrogen and oxygen atoms in total. The zero-order chi connectivity index (χ0) is 19.8. The number of amides is 5. The maximum Gasteiger partial charge on any atom is 0.331 e.